The van der Waals surface area contributed by atoms with Crippen LogP contribution < -0.4 is 5.32 Å². The zero-order chi connectivity index (χ0) is 43.0. The molecular formula is C53H105NO5. The van der Waals surface area contributed by atoms with Crippen molar-refractivity contribution in [2.24, 2.45) is 0 Å². The summed E-state index contributed by atoms with van der Waals surface area (Å²) >= 11 is 0. The van der Waals surface area contributed by atoms with Crippen LogP contribution in [-0.2, 0) is 14.3 Å². The van der Waals surface area contributed by atoms with Gasteiger partial charge in [-0.25, -0.2) is 0 Å². The molecule has 352 valence electrons. The van der Waals surface area contributed by atoms with Gasteiger partial charge < -0.3 is 20.3 Å². The highest BCUT2D eigenvalue weighted by molar-refractivity contribution is 5.76. The molecule has 3 N–H and O–H groups in total. The van der Waals surface area contributed by atoms with Crippen molar-refractivity contribution in [3.63, 3.8) is 0 Å². The van der Waals surface area contributed by atoms with Gasteiger partial charge >= 0.3 is 5.97 Å². The van der Waals surface area contributed by atoms with Crippen molar-refractivity contribution >= 4 is 11.9 Å². The number of hydrogen-bond donors (Lipinski definition) is 3. The van der Waals surface area contributed by atoms with Crippen molar-refractivity contribution in [3.8, 4) is 0 Å². The summed E-state index contributed by atoms with van der Waals surface area (Å²) in [6.45, 7) is 4.93. The normalized spacial score (nSPS) is 12.5. The van der Waals surface area contributed by atoms with Crippen LogP contribution in [0.25, 0.3) is 0 Å². The van der Waals surface area contributed by atoms with Crippen LogP contribution >= 0.6 is 0 Å². The van der Waals surface area contributed by atoms with Gasteiger partial charge in [-0.2, -0.15) is 0 Å². The van der Waals surface area contributed by atoms with E-state index in [1.807, 2.05) is 0 Å². The van der Waals surface area contributed by atoms with Crippen LogP contribution in [0.15, 0.2) is 0 Å². The molecule has 0 saturated heterocycles. The molecule has 0 rings (SSSR count). The highest BCUT2D eigenvalue weighted by atomic mass is 16.5. The maximum atomic E-state index is 12.4. The van der Waals surface area contributed by atoms with Crippen LogP contribution in [0.4, 0.5) is 0 Å². The van der Waals surface area contributed by atoms with E-state index in [1.165, 1.54) is 212 Å². The largest absolute Gasteiger partial charge is 0.466 e. The van der Waals surface area contributed by atoms with Crippen LogP contribution in [0.2, 0.25) is 0 Å². The quantitative estimate of drug-likeness (QED) is 0.0419. The number of aliphatic hydroxyl groups is 2. The minimum absolute atomic E-state index is 0.00404. The number of rotatable bonds is 50. The standard InChI is InChI=1S/C53H105NO5/c1-3-5-7-9-11-13-15-16-17-18-19-20-21-22-27-31-35-39-43-47-53(58)59-48-44-40-36-32-28-24-23-26-30-34-38-42-46-52(57)54-50(49-55)51(56)45-41-37-33-29-25-14-12-10-8-6-4-2/h50-51,55-56H,3-49H2,1-2H3,(H,54,57). The Hall–Kier alpha value is -1.14. The summed E-state index contributed by atoms with van der Waals surface area (Å²) in [5, 5.41) is 23.1. The van der Waals surface area contributed by atoms with Crippen molar-refractivity contribution in [2.45, 2.75) is 315 Å². The van der Waals surface area contributed by atoms with E-state index in [0.717, 1.165) is 57.8 Å². The van der Waals surface area contributed by atoms with E-state index in [9.17, 15) is 19.8 Å². The average molecular weight is 836 g/mol. The molecule has 6 nitrogen and oxygen atoms in total. The van der Waals surface area contributed by atoms with Crippen molar-refractivity contribution in [1.29, 1.82) is 0 Å². The molecule has 0 radical (unpaired) electrons. The van der Waals surface area contributed by atoms with Gasteiger partial charge in [-0.15, -0.1) is 0 Å². The first kappa shape index (κ1) is 57.9. The fraction of sp³-hybridized carbons (Fsp3) is 0.962. The fourth-order valence-electron chi connectivity index (χ4n) is 8.52. The van der Waals surface area contributed by atoms with E-state index in [2.05, 4.69) is 19.2 Å². The number of esters is 1. The smallest absolute Gasteiger partial charge is 0.305 e. The molecule has 0 saturated carbocycles. The third-order valence-corrected chi connectivity index (χ3v) is 12.7. The summed E-state index contributed by atoms with van der Waals surface area (Å²) in [4.78, 5) is 24.5. The van der Waals surface area contributed by atoms with Gasteiger partial charge in [-0.05, 0) is 25.7 Å². The van der Waals surface area contributed by atoms with E-state index in [0.29, 0.717) is 25.9 Å². The van der Waals surface area contributed by atoms with Crippen molar-refractivity contribution in [1.82, 2.24) is 5.32 Å². The summed E-state index contributed by atoms with van der Waals surface area (Å²) in [6.07, 6.45) is 55.1. The lowest BCUT2D eigenvalue weighted by Crippen LogP contribution is -2.45. The Kier molecular flexibility index (Phi) is 48.6. The molecule has 0 fully saturated rings. The van der Waals surface area contributed by atoms with Gasteiger partial charge in [-0.3, -0.25) is 9.59 Å². The van der Waals surface area contributed by atoms with Crippen LogP contribution in [0.5, 0.6) is 0 Å². The number of amides is 1. The number of carbonyl (C=O) groups is 2. The second-order valence-corrected chi connectivity index (χ2v) is 18.6. The summed E-state index contributed by atoms with van der Waals surface area (Å²) in [5.74, 6) is -0.0538. The summed E-state index contributed by atoms with van der Waals surface area (Å²) in [5.41, 5.74) is 0. The van der Waals surface area contributed by atoms with E-state index in [-0.39, 0.29) is 18.5 Å². The summed E-state index contributed by atoms with van der Waals surface area (Å²) < 4.78 is 5.48. The van der Waals surface area contributed by atoms with Crippen LogP contribution in [0.3, 0.4) is 0 Å². The van der Waals surface area contributed by atoms with E-state index >= 15 is 0 Å². The second-order valence-electron chi connectivity index (χ2n) is 18.6. The summed E-state index contributed by atoms with van der Waals surface area (Å²) in [7, 11) is 0. The van der Waals surface area contributed by atoms with Crippen LogP contribution in [0, 0.1) is 0 Å². The zero-order valence-corrected chi connectivity index (χ0v) is 40.0. The number of ether oxygens (including phenoxy) is 1. The Morgan fingerprint density at radius 2 is 0.695 bits per heavy atom. The molecule has 0 aromatic rings. The van der Waals surface area contributed by atoms with Gasteiger partial charge in [0.15, 0.2) is 0 Å². The molecular weight excluding hydrogens is 731 g/mol. The average Bonchev–Trinajstić information content (AvgIpc) is 3.24. The van der Waals surface area contributed by atoms with E-state index < -0.39 is 12.1 Å². The number of unbranched alkanes of at least 4 members (excludes halogenated alkanes) is 39. The summed E-state index contributed by atoms with van der Waals surface area (Å²) in [6, 6.07) is -0.550. The third kappa shape index (κ3) is 46.2. The second kappa shape index (κ2) is 49.5. The molecule has 0 bridgehead atoms. The first-order valence-corrected chi connectivity index (χ1v) is 26.8. The van der Waals surface area contributed by atoms with Gasteiger partial charge in [0.25, 0.3) is 0 Å². The SMILES string of the molecule is CCCCCCCCCCCCCCCCCCCCCC(=O)OCCCCCCCCCCCCCCC(=O)NC(CO)C(O)CCCCCCCCCCCCC. The predicted molar refractivity (Wildman–Crippen MR) is 255 cm³/mol. The van der Waals surface area contributed by atoms with Gasteiger partial charge in [-0.1, -0.05) is 264 Å². The lowest BCUT2D eigenvalue weighted by atomic mass is 10.0. The zero-order valence-electron chi connectivity index (χ0n) is 40.0. The molecule has 0 spiro atoms. The van der Waals surface area contributed by atoms with Crippen molar-refractivity contribution in [3.05, 3.63) is 0 Å². The Bertz CT molecular complexity index is 837. The fourth-order valence-corrected chi connectivity index (χ4v) is 8.52. The van der Waals surface area contributed by atoms with Gasteiger partial charge in [0, 0.05) is 12.8 Å². The Balaban J connectivity index is 3.39. The molecule has 0 aliphatic rings. The first-order chi connectivity index (χ1) is 29.0. The first-order valence-electron chi connectivity index (χ1n) is 26.8. The lowest BCUT2D eigenvalue weighted by Gasteiger charge is -2.22. The molecule has 0 aliphatic heterocycles. The Morgan fingerprint density at radius 1 is 0.407 bits per heavy atom. The number of hydrogen-bond acceptors (Lipinski definition) is 5. The number of aliphatic hydroxyl groups excluding tert-OH is 2. The molecule has 2 unspecified atom stereocenters. The maximum Gasteiger partial charge on any atom is 0.305 e. The topological polar surface area (TPSA) is 95.9 Å². The number of carbonyl (C=O) groups excluding carboxylic acids is 2. The molecule has 1 amide bonds. The van der Waals surface area contributed by atoms with E-state index in [1.54, 1.807) is 0 Å². The number of nitrogens with one attached hydrogen (secondary N) is 1. The monoisotopic (exact) mass is 836 g/mol. The maximum absolute atomic E-state index is 12.4. The Morgan fingerprint density at radius 3 is 1.03 bits per heavy atom. The lowest BCUT2D eigenvalue weighted by molar-refractivity contribution is -0.143. The van der Waals surface area contributed by atoms with Crippen molar-refractivity contribution in [2.75, 3.05) is 13.2 Å². The highest BCUT2D eigenvalue weighted by Crippen LogP contribution is 2.17. The minimum Gasteiger partial charge on any atom is -0.466 e. The minimum atomic E-state index is -0.671. The van der Waals surface area contributed by atoms with Gasteiger partial charge in [0.05, 0.1) is 25.4 Å². The van der Waals surface area contributed by atoms with E-state index in [4.69, 9.17) is 4.74 Å². The van der Waals surface area contributed by atoms with Gasteiger partial charge in [0.1, 0.15) is 0 Å². The molecule has 0 aliphatic carbocycles. The predicted octanol–water partition coefficient (Wildman–Crippen LogP) is 16.0. The Labute approximate surface area is 368 Å². The third-order valence-electron chi connectivity index (χ3n) is 12.7. The molecule has 0 aromatic carbocycles. The highest BCUT2D eigenvalue weighted by Gasteiger charge is 2.20. The molecule has 0 aromatic heterocycles. The van der Waals surface area contributed by atoms with Crippen molar-refractivity contribution < 1.29 is 24.5 Å². The molecule has 0 heterocycles. The van der Waals surface area contributed by atoms with Crippen LogP contribution in [-0.4, -0.2) is 47.4 Å². The molecule has 6 heteroatoms. The van der Waals surface area contributed by atoms with Gasteiger partial charge in [0.2, 0.25) is 5.91 Å². The molecule has 2 atom stereocenters. The van der Waals surface area contributed by atoms with Crippen LogP contribution in [0.1, 0.15) is 303 Å². The molecule has 59 heavy (non-hydrogen) atoms.